The molecule has 31 heavy (non-hydrogen) atoms. The van der Waals surface area contributed by atoms with E-state index in [1.54, 1.807) is 24.3 Å². The zero-order valence-corrected chi connectivity index (χ0v) is 18.6. The molecule has 0 aliphatic carbocycles. The molecule has 2 amide bonds. The first-order valence-corrected chi connectivity index (χ1v) is 11.8. The van der Waals surface area contributed by atoms with Crippen LogP contribution in [-0.4, -0.2) is 53.2 Å². The average molecular weight is 440 g/mol. The quantitative estimate of drug-likeness (QED) is 0.706. The van der Waals surface area contributed by atoms with Crippen LogP contribution >= 0.6 is 11.8 Å². The molecular formula is C24H29N3O3S. The summed E-state index contributed by atoms with van der Waals surface area (Å²) in [5.74, 6) is 0.0189. The highest BCUT2D eigenvalue weighted by Crippen LogP contribution is 2.37. The number of likely N-dealkylation sites (tertiary alicyclic amines) is 1. The van der Waals surface area contributed by atoms with Gasteiger partial charge in [-0.05, 0) is 56.6 Å². The van der Waals surface area contributed by atoms with Crippen LogP contribution in [0.5, 0.6) is 5.75 Å². The van der Waals surface area contributed by atoms with Crippen LogP contribution in [0.3, 0.4) is 0 Å². The Kier molecular flexibility index (Phi) is 6.83. The number of hydrogen-bond acceptors (Lipinski definition) is 5. The van der Waals surface area contributed by atoms with E-state index >= 15 is 0 Å². The van der Waals surface area contributed by atoms with Gasteiger partial charge >= 0.3 is 0 Å². The number of nitrogens with zero attached hydrogens (tertiary/aromatic N) is 2. The molecule has 2 aliphatic rings. The number of nitrogens with one attached hydrogen (secondary N) is 1. The lowest BCUT2D eigenvalue weighted by Crippen LogP contribution is -2.45. The second kappa shape index (κ2) is 9.75. The van der Waals surface area contributed by atoms with Gasteiger partial charge in [-0.1, -0.05) is 31.2 Å². The Bertz CT molecular complexity index is 943. The van der Waals surface area contributed by atoms with Gasteiger partial charge in [-0.2, -0.15) is 0 Å². The van der Waals surface area contributed by atoms with Crippen molar-refractivity contribution in [2.75, 3.05) is 36.4 Å². The van der Waals surface area contributed by atoms with Gasteiger partial charge in [0, 0.05) is 22.6 Å². The number of hydrogen-bond donors (Lipinski definition) is 2. The molecule has 0 radical (unpaired) electrons. The zero-order chi connectivity index (χ0) is 21.8. The minimum atomic E-state index is -0.109. The summed E-state index contributed by atoms with van der Waals surface area (Å²) >= 11 is 1.84. The predicted molar refractivity (Wildman–Crippen MR) is 125 cm³/mol. The highest BCUT2D eigenvalue weighted by Gasteiger charge is 2.29. The molecule has 1 unspecified atom stereocenters. The van der Waals surface area contributed by atoms with Gasteiger partial charge in [-0.25, -0.2) is 0 Å². The molecule has 1 fully saturated rings. The van der Waals surface area contributed by atoms with Crippen molar-refractivity contribution < 1.29 is 14.7 Å². The standard InChI is InChI=1S/C24H29N3O3S/c1-17-10-15-27(20-7-3-5-9-22(20)31-17)23(29)16-26-13-11-18(12-14-26)24(30)25-19-6-2-4-8-21(19)28/h2-9,17-18,28H,10-16H2,1H3,(H,25,30). The summed E-state index contributed by atoms with van der Waals surface area (Å²) in [5.41, 5.74) is 1.45. The SMILES string of the molecule is CC1CCN(C(=O)CN2CCC(C(=O)Nc3ccccc3O)CC2)c2ccccc2S1. The van der Waals surface area contributed by atoms with E-state index < -0.39 is 0 Å². The van der Waals surface area contributed by atoms with E-state index in [4.69, 9.17) is 0 Å². The van der Waals surface area contributed by atoms with Crippen LogP contribution in [0.1, 0.15) is 26.2 Å². The Morgan fingerprint density at radius 2 is 1.74 bits per heavy atom. The molecule has 2 aromatic carbocycles. The molecule has 2 heterocycles. The first-order valence-electron chi connectivity index (χ1n) is 10.9. The molecule has 1 saturated heterocycles. The van der Waals surface area contributed by atoms with Crippen molar-refractivity contribution in [1.29, 1.82) is 0 Å². The van der Waals surface area contributed by atoms with Crippen LogP contribution < -0.4 is 10.2 Å². The maximum absolute atomic E-state index is 13.2. The lowest BCUT2D eigenvalue weighted by Gasteiger charge is -2.32. The van der Waals surface area contributed by atoms with Crippen LogP contribution in [0.25, 0.3) is 0 Å². The molecule has 4 rings (SSSR count). The number of benzene rings is 2. The number of thioether (sulfide) groups is 1. The highest BCUT2D eigenvalue weighted by atomic mass is 32.2. The number of aromatic hydroxyl groups is 1. The molecular weight excluding hydrogens is 410 g/mol. The second-order valence-electron chi connectivity index (χ2n) is 8.29. The van der Waals surface area contributed by atoms with Gasteiger partial charge in [0.25, 0.3) is 0 Å². The Morgan fingerprint density at radius 1 is 1.03 bits per heavy atom. The molecule has 0 spiro atoms. The third kappa shape index (κ3) is 5.22. The van der Waals surface area contributed by atoms with E-state index in [1.807, 2.05) is 34.9 Å². The molecule has 164 valence electrons. The third-order valence-electron chi connectivity index (χ3n) is 6.02. The van der Waals surface area contributed by atoms with E-state index in [1.165, 1.54) is 4.90 Å². The predicted octanol–water partition coefficient (Wildman–Crippen LogP) is 3.96. The topological polar surface area (TPSA) is 72.9 Å². The number of phenolic OH excluding ortho intramolecular Hbond substituents is 1. The molecule has 2 aromatic rings. The normalized spacial score (nSPS) is 20.0. The Balaban J connectivity index is 1.32. The van der Waals surface area contributed by atoms with Crippen LogP contribution in [0.2, 0.25) is 0 Å². The minimum Gasteiger partial charge on any atom is -0.506 e. The van der Waals surface area contributed by atoms with Crippen molar-refractivity contribution in [3.05, 3.63) is 48.5 Å². The van der Waals surface area contributed by atoms with Crippen LogP contribution in [-0.2, 0) is 9.59 Å². The lowest BCUT2D eigenvalue weighted by molar-refractivity contribution is -0.122. The number of rotatable bonds is 4. The number of amides is 2. The molecule has 0 saturated carbocycles. The summed E-state index contributed by atoms with van der Waals surface area (Å²) in [4.78, 5) is 31.0. The molecule has 7 heteroatoms. The van der Waals surface area contributed by atoms with Crippen LogP contribution in [0, 0.1) is 5.92 Å². The fourth-order valence-electron chi connectivity index (χ4n) is 4.19. The summed E-state index contributed by atoms with van der Waals surface area (Å²) in [6, 6.07) is 14.9. The van der Waals surface area contributed by atoms with Crippen molar-refractivity contribution in [3.63, 3.8) is 0 Å². The van der Waals surface area contributed by atoms with Crippen molar-refractivity contribution in [3.8, 4) is 5.75 Å². The van der Waals surface area contributed by atoms with Crippen molar-refractivity contribution in [1.82, 2.24) is 4.90 Å². The molecule has 2 aliphatic heterocycles. The summed E-state index contributed by atoms with van der Waals surface area (Å²) in [6.45, 7) is 4.75. The Labute approximate surface area is 187 Å². The fourth-order valence-corrected chi connectivity index (χ4v) is 5.30. The molecule has 2 N–H and O–H groups in total. The van der Waals surface area contributed by atoms with Crippen LogP contribution in [0.15, 0.2) is 53.4 Å². The van der Waals surface area contributed by atoms with Gasteiger partial charge in [0.15, 0.2) is 0 Å². The Morgan fingerprint density at radius 3 is 2.52 bits per heavy atom. The average Bonchev–Trinajstić information content (AvgIpc) is 2.94. The second-order valence-corrected chi connectivity index (χ2v) is 9.77. The number of phenols is 1. The molecule has 1 atom stereocenters. The van der Waals surface area contributed by atoms with Gasteiger partial charge in [0.2, 0.25) is 11.8 Å². The largest absolute Gasteiger partial charge is 0.506 e. The van der Waals surface area contributed by atoms with Gasteiger partial charge in [-0.15, -0.1) is 11.8 Å². The van der Waals surface area contributed by atoms with E-state index in [-0.39, 0.29) is 23.5 Å². The summed E-state index contributed by atoms with van der Waals surface area (Å²) in [6.07, 6.45) is 2.38. The highest BCUT2D eigenvalue weighted by molar-refractivity contribution is 8.00. The van der Waals surface area contributed by atoms with Gasteiger partial charge in [0.1, 0.15) is 5.75 Å². The van der Waals surface area contributed by atoms with E-state index in [2.05, 4.69) is 23.2 Å². The van der Waals surface area contributed by atoms with E-state index in [0.29, 0.717) is 43.4 Å². The molecule has 6 nitrogen and oxygen atoms in total. The van der Waals surface area contributed by atoms with Gasteiger partial charge < -0.3 is 15.3 Å². The number of carbonyl (C=O) groups is 2. The van der Waals surface area contributed by atoms with E-state index in [9.17, 15) is 14.7 Å². The van der Waals surface area contributed by atoms with Gasteiger partial charge in [-0.3, -0.25) is 14.5 Å². The number of piperidine rings is 1. The number of para-hydroxylation sites is 3. The number of anilines is 2. The maximum atomic E-state index is 13.2. The van der Waals surface area contributed by atoms with Gasteiger partial charge in [0.05, 0.1) is 17.9 Å². The van der Waals surface area contributed by atoms with Crippen molar-refractivity contribution >= 4 is 35.0 Å². The number of carbonyl (C=O) groups excluding carboxylic acids is 2. The first kappa shape index (κ1) is 21.7. The molecule has 0 aromatic heterocycles. The van der Waals surface area contributed by atoms with Crippen molar-refractivity contribution in [2.24, 2.45) is 5.92 Å². The zero-order valence-electron chi connectivity index (χ0n) is 17.8. The Hall–Kier alpha value is -2.51. The smallest absolute Gasteiger partial charge is 0.241 e. The van der Waals surface area contributed by atoms with Crippen LogP contribution in [0.4, 0.5) is 11.4 Å². The monoisotopic (exact) mass is 439 g/mol. The summed E-state index contributed by atoms with van der Waals surface area (Å²) in [7, 11) is 0. The number of fused-ring (bicyclic) bond motifs is 1. The summed E-state index contributed by atoms with van der Waals surface area (Å²) < 4.78 is 0. The third-order valence-corrected chi connectivity index (χ3v) is 7.26. The lowest BCUT2D eigenvalue weighted by atomic mass is 9.95. The minimum absolute atomic E-state index is 0.0695. The maximum Gasteiger partial charge on any atom is 0.241 e. The fraction of sp³-hybridized carbons (Fsp3) is 0.417. The summed E-state index contributed by atoms with van der Waals surface area (Å²) in [5, 5.41) is 13.2. The first-order chi connectivity index (χ1) is 15.0. The molecule has 0 bridgehead atoms. The van der Waals surface area contributed by atoms with Crippen molar-refractivity contribution in [2.45, 2.75) is 36.3 Å². The van der Waals surface area contributed by atoms with E-state index in [0.717, 1.165) is 18.7 Å².